The van der Waals surface area contributed by atoms with Crippen LogP contribution < -0.4 is 10.6 Å². The molecule has 5 heteroatoms. The van der Waals surface area contributed by atoms with E-state index in [9.17, 15) is 9.59 Å². The van der Waals surface area contributed by atoms with E-state index >= 15 is 0 Å². The number of carbonyl (C=O) groups excluding carboxylic acids is 2. The summed E-state index contributed by atoms with van der Waals surface area (Å²) >= 11 is 0. The number of nitrogens with one attached hydrogen (secondary N) is 2. The van der Waals surface area contributed by atoms with E-state index in [1.54, 1.807) is 11.9 Å². The zero-order valence-electron chi connectivity index (χ0n) is 7.54. The van der Waals surface area contributed by atoms with Crippen molar-refractivity contribution >= 4 is 11.9 Å². The van der Waals surface area contributed by atoms with E-state index in [1.165, 1.54) is 0 Å². The number of hydrogen-bond donors (Lipinski definition) is 2. The van der Waals surface area contributed by atoms with Gasteiger partial charge in [0.05, 0.1) is 0 Å². The first kappa shape index (κ1) is 8.34. The molecule has 0 aromatic carbocycles. The van der Waals surface area contributed by atoms with E-state index in [0.717, 1.165) is 12.8 Å². The fourth-order valence-electron chi connectivity index (χ4n) is 1.49. The highest BCUT2D eigenvalue weighted by Gasteiger charge is 2.35. The SMILES string of the molecule is CN(C(=O)C1CNC(=O)N1)C1CC1. The van der Waals surface area contributed by atoms with E-state index in [2.05, 4.69) is 10.6 Å². The summed E-state index contributed by atoms with van der Waals surface area (Å²) in [5.41, 5.74) is 0. The molecule has 0 bridgehead atoms. The topological polar surface area (TPSA) is 61.4 Å². The maximum atomic E-state index is 11.6. The van der Waals surface area contributed by atoms with Gasteiger partial charge in [-0.15, -0.1) is 0 Å². The van der Waals surface area contributed by atoms with Crippen LogP contribution in [0, 0.1) is 0 Å². The van der Waals surface area contributed by atoms with Crippen molar-refractivity contribution in [3.63, 3.8) is 0 Å². The van der Waals surface area contributed by atoms with Gasteiger partial charge in [-0.05, 0) is 12.8 Å². The molecule has 72 valence electrons. The third-order valence-electron chi connectivity index (χ3n) is 2.51. The van der Waals surface area contributed by atoms with Crippen molar-refractivity contribution in [3.05, 3.63) is 0 Å². The summed E-state index contributed by atoms with van der Waals surface area (Å²) in [5, 5.41) is 5.14. The number of amides is 3. The fourth-order valence-corrected chi connectivity index (χ4v) is 1.49. The van der Waals surface area contributed by atoms with Gasteiger partial charge in [0.1, 0.15) is 6.04 Å². The van der Waals surface area contributed by atoms with Gasteiger partial charge in [0.2, 0.25) is 5.91 Å². The zero-order valence-corrected chi connectivity index (χ0v) is 7.54. The lowest BCUT2D eigenvalue weighted by atomic mass is 10.3. The van der Waals surface area contributed by atoms with Crippen LogP contribution in [-0.4, -0.2) is 42.5 Å². The van der Waals surface area contributed by atoms with Gasteiger partial charge in [-0.25, -0.2) is 4.79 Å². The number of urea groups is 1. The molecule has 13 heavy (non-hydrogen) atoms. The Morgan fingerprint density at radius 2 is 2.23 bits per heavy atom. The van der Waals surface area contributed by atoms with Gasteiger partial charge in [-0.3, -0.25) is 4.79 Å². The van der Waals surface area contributed by atoms with Crippen LogP contribution in [0.4, 0.5) is 4.79 Å². The predicted molar refractivity (Wildman–Crippen MR) is 46.1 cm³/mol. The Morgan fingerprint density at radius 3 is 2.69 bits per heavy atom. The molecule has 0 aromatic heterocycles. The van der Waals surface area contributed by atoms with Crippen LogP contribution in [0.15, 0.2) is 0 Å². The van der Waals surface area contributed by atoms with Crippen molar-refractivity contribution in [2.24, 2.45) is 0 Å². The minimum atomic E-state index is -0.363. The predicted octanol–water partition coefficient (Wildman–Crippen LogP) is -0.711. The second-order valence-electron chi connectivity index (χ2n) is 3.59. The Bertz CT molecular complexity index is 250. The third kappa shape index (κ3) is 1.59. The van der Waals surface area contributed by atoms with E-state index in [-0.39, 0.29) is 18.0 Å². The van der Waals surface area contributed by atoms with E-state index in [0.29, 0.717) is 12.6 Å². The average molecular weight is 183 g/mol. The molecule has 1 saturated carbocycles. The second kappa shape index (κ2) is 2.90. The molecular weight excluding hydrogens is 170 g/mol. The molecule has 5 nitrogen and oxygen atoms in total. The quantitative estimate of drug-likeness (QED) is 0.594. The summed E-state index contributed by atoms with van der Waals surface area (Å²) in [7, 11) is 1.80. The molecule has 1 heterocycles. The third-order valence-corrected chi connectivity index (χ3v) is 2.51. The van der Waals surface area contributed by atoms with Crippen LogP contribution in [0.25, 0.3) is 0 Å². The number of likely N-dealkylation sites (N-methyl/N-ethyl adjacent to an activating group) is 1. The minimum absolute atomic E-state index is 0.0147. The smallest absolute Gasteiger partial charge is 0.315 e. The molecule has 0 aromatic rings. The summed E-state index contributed by atoms with van der Waals surface area (Å²) < 4.78 is 0. The normalized spacial score (nSPS) is 26.5. The van der Waals surface area contributed by atoms with Crippen LogP contribution in [-0.2, 0) is 4.79 Å². The number of hydrogen-bond acceptors (Lipinski definition) is 2. The van der Waals surface area contributed by atoms with Crippen LogP contribution in [0.5, 0.6) is 0 Å². The van der Waals surface area contributed by atoms with Crippen molar-refractivity contribution in [1.29, 1.82) is 0 Å². The largest absolute Gasteiger partial charge is 0.341 e. The van der Waals surface area contributed by atoms with Crippen LogP contribution in [0.3, 0.4) is 0 Å². The Labute approximate surface area is 76.5 Å². The highest BCUT2D eigenvalue weighted by atomic mass is 16.2. The molecule has 2 N–H and O–H groups in total. The molecule has 2 rings (SSSR count). The maximum absolute atomic E-state index is 11.6. The van der Waals surface area contributed by atoms with Crippen molar-refractivity contribution in [2.45, 2.75) is 24.9 Å². The molecule has 2 aliphatic rings. The van der Waals surface area contributed by atoms with Gasteiger partial charge in [-0.2, -0.15) is 0 Å². The van der Waals surface area contributed by atoms with E-state index in [4.69, 9.17) is 0 Å². The van der Waals surface area contributed by atoms with Crippen molar-refractivity contribution in [1.82, 2.24) is 15.5 Å². The molecule has 2 fully saturated rings. The first-order chi connectivity index (χ1) is 6.18. The molecule has 1 aliphatic carbocycles. The Morgan fingerprint density at radius 1 is 1.54 bits per heavy atom. The first-order valence-corrected chi connectivity index (χ1v) is 4.49. The van der Waals surface area contributed by atoms with Gasteiger partial charge in [0.15, 0.2) is 0 Å². The second-order valence-corrected chi connectivity index (χ2v) is 3.59. The van der Waals surface area contributed by atoms with E-state index in [1.807, 2.05) is 0 Å². The monoisotopic (exact) mass is 183 g/mol. The highest BCUT2D eigenvalue weighted by molar-refractivity contribution is 5.90. The van der Waals surface area contributed by atoms with Crippen LogP contribution >= 0.6 is 0 Å². The van der Waals surface area contributed by atoms with Gasteiger partial charge in [0.25, 0.3) is 0 Å². The summed E-state index contributed by atoms with van der Waals surface area (Å²) in [6.45, 7) is 0.411. The zero-order chi connectivity index (χ0) is 9.42. The lowest BCUT2D eigenvalue weighted by Crippen LogP contribution is -2.44. The molecule has 1 aliphatic heterocycles. The van der Waals surface area contributed by atoms with Crippen LogP contribution in [0.2, 0.25) is 0 Å². The standard InChI is InChI=1S/C8H13N3O2/c1-11(5-2-3-5)7(12)6-4-9-8(13)10-6/h5-6H,2-4H2,1H3,(H2,9,10,13). The summed E-state index contributed by atoms with van der Waals surface area (Å²) in [6, 6.07) is -0.203. The highest BCUT2D eigenvalue weighted by Crippen LogP contribution is 2.25. The van der Waals surface area contributed by atoms with Gasteiger partial charge >= 0.3 is 6.03 Å². The molecular formula is C8H13N3O2. The number of rotatable bonds is 2. The van der Waals surface area contributed by atoms with Crippen molar-refractivity contribution in [2.75, 3.05) is 13.6 Å². The lowest BCUT2D eigenvalue weighted by molar-refractivity contribution is -0.131. The summed E-state index contributed by atoms with van der Waals surface area (Å²) in [5.74, 6) is 0.0147. The molecule has 1 unspecified atom stereocenters. The van der Waals surface area contributed by atoms with Crippen LogP contribution in [0.1, 0.15) is 12.8 Å². The molecule has 1 saturated heterocycles. The number of nitrogens with zero attached hydrogens (tertiary/aromatic N) is 1. The Kier molecular flexibility index (Phi) is 1.86. The van der Waals surface area contributed by atoms with Gasteiger partial charge in [-0.1, -0.05) is 0 Å². The average Bonchev–Trinajstić information content (AvgIpc) is 2.87. The molecule has 1 atom stereocenters. The van der Waals surface area contributed by atoms with E-state index < -0.39 is 0 Å². The van der Waals surface area contributed by atoms with Gasteiger partial charge < -0.3 is 15.5 Å². The molecule has 0 spiro atoms. The maximum Gasteiger partial charge on any atom is 0.315 e. The Balaban J connectivity index is 1.92. The fraction of sp³-hybridized carbons (Fsp3) is 0.750. The Hall–Kier alpha value is -1.26. The number of carbonyl (C=O) groups is 2. The lowest BCUT2D eigenvalue weighted by Gasteiger charge is -2.19. The summed E-state index contributed by atoms with van der Waals surface area (Å²) in [6.07, 6.45) is 2.19. The summed E-state index contributed by atoms with van der Waals surface area (Å²) in [4.78, 5) is 24.2. The molecule has 3 amide bonds. The minimum Gasteiger partial charge on any atom is -0.341 e. The van der Waals surface area contributed by atoms with Crippen molar-refractivity contribution in [3.8, 4) is 0 Å². The van der Waals surface area contributed by atoms with Gasteiger partial charge in [0, 0.05) is 19.6 Å². The molecule has 0 radical (unpaired) electrons. The van der Waals surface area contributed by atoms with Crippen molar-refractivity contribution < 1.29 is 9.59 Å². The first-order valence-electron chi connectivity index (χ1n) is 4.49.